The predicted molar refractivity (Wildman–Crippen MR) is 100.0 cm³/mol. The summed E-state index contributed by atoms with van der Waals surface area (Å²) in [5.41, 5.74) is 3.70. The van der Waals surface area contributed by atoms with Gasteiger partial charge in [0.1, 0.15) is 5.75 Å². The maximum Gasteiger partial charge on any atom is 0.159 e. The maximum absolute atomic E-state index is 11.1. The summed E-state index contributed by atoms with van der Waals surface area (Å²) in [5, 5.41) is 8.83. The van der Waals surface area contributed by atoms with Crippen molar-refractivity contribution in [2.45, 2.75) is 13.8 Å². The van der Waals surface area contributed by atoms with Gasteiger partial charge in [-0.3, -0.25) is 9.59 Å². The van der Waals surface area contributed by atoms with Crippen LogP contribution >= 0.6 is 0 Å². The Balaban J connectivity index is 0.000000196. The summed E-state index contributed by atoms with van der Waals surface area (Å²) >= 11 is 0. The van der Waals surface area contributed by atoms with Crippen LogP contribution in [-0.4, -0.2) is 16.7 Å². The molecule has 1 N–H and O–H groups in total. The maximum atomic E-state index is 11.1. The minimum absolute atomic E-state index is 0.0139. The Bertz CT molecular complexity index is 833. The van der Waals surface area contributed by atoms with E-state index in [0.29, 0.717) is 5.56 Å². The first-order chi connectivity index (χ1) is 12.0. The standard InChI is InChI=1S/C14H12O.C8H8O2/c1-11(15)12-7-9-14(10-8-12)13-5-3-2-4-6-13;1-6(9)7-2-4-8(10)5-3-7/h2-10H,1H3;2-5,10H,1H3. The van der Waals surface area contributed by atoms with Crippen molar-refractivity contribution in [3.05, 3.63) is 90.0 Å². The van der Waals surface area contributed by atoms with Crippen LogP contribution in [0.2, 0.25) is 0 Å². The van der Waals surface area contributed by atoms with Crippen LogP contribution in [0.1, 0.15) is 34.6 Å². The first-order valence-corrected chi connectivity index (χ1v) is 7.94. The molecule has 0 radical (unpaired) electrons. The van der Waals surface area contributed by atoms with Gasteiger partial charge < -0.3 is 5.11 Å². The van der Waals surface area contributed by atoms with Crippen molar-refractivity contribution >= 4 is 11.6 Å². The highest BCUT2D eigenvalue weighted by atomic mass is 16.3. The SMILES string of the molecule is CC(=O)c1ccc(-c2ccccc2)cc1.CC(=O)c1ccc(O)cc1. The Morgan fingerprint density at radius 1 is 0.600 bits per heavy atom. The third-order valence-corrected chi connectivity index (χ3v) is 3.67. The Morgan fingerprint density at radius 2 is 1.00 bits per heavy atom. The predicted octanol–water partition coefficient (Wildman–Crippen LogP) is 5.15. The molecule has 3 aromatic carbocycles. The van der Waals surface area contributed by atoms with E-state index in [0.717, 1.165) is 11.1 Å². The average Bonchev–Trinajstić information content (AvgIpc) is 2.63. The molecule has 0 unspecified atom stereocenters. The Morgan fingerprint density at radius 3 is 1.44 bits per heavy atom. The Hall–Kier alpha value is -3.20. The fourth-order valence-electron chi connectivity index (χ4n) is 2.22. The van der Waals surface area contributed by atoms with Crippen LogP contribution in [0, 0.1) is 0 Å². The van der Waals surface area contributed by atoms with Crippen molar-refractivity contribution in [3.8, 4) is 16.9 Å². The molecule has 0 aliphatic rings. The normalized spacial score (nSPS) is 9.68. The number of rotatable bonds is 3. The summed E-state index contributed by atoms with van der Waals surface area (Å²) in [7, 11) is 0. The molecule has 0 heterocycles. The molecule has 0 atom stereocenters. The number of aromatic hydroxyl groups is 1. The number of ketones is 2. The third kappa shape index (κ3) is 5.43. The van der Waals surface area contributed by atoms with Gasteiger partial charge >= 0.3 is 0 Å². The second-order valence-corrected chi connectivity index (χ2v) is 5.60. The summed E-state index contributed by atoms with van der Waals surface area (Å²) in [5.74, 6) is 0.305. The van der Waals surface area contributed by atoms with Crippen LogP contribution in [-0.2, 0) is 0 Å². The van der Waals surface area contributed by atoms with Gasteiger partial charge in [0, 0.05) is 11.1 Å². The van der Waals surface area contributed by atoms with Gasteiger partial charge in [-0.2, -0.15) is 0 Å². The lowest BCUT2D eigenvalue weighted by molar-refractivity contribution is 0.100. The molecule has 0 spiro atoms. The quantitative estimate of drug-likeness (QED) is 0.675. The lowest BCUT2D eigenvalue weighted by Crippen LogP contribution is -1.90. The number of hydrogen-bond acceptors (Lipinski definition) is 3. The van der Waals surface area contributed by atoms with Crippen LogP contribution in [0.15, 0.2) is 78.9 Å². The minimum atomic E-state index is 0.0139. The first-order valence-electron chi connectivity index (χ1n) is 7.94. The number of carbonyl (C=O) groups is 2. The van der Waals surface area contributed by atoms with E-state index < -0.39 is 0 Å². The monoisotopic (exact) mass is 332 g/mol. The van der Waals surface area contributed by atoms with Gasteiger partial charge in [0.05, 0.1) is 0 Å². The second-order valence-electron chi connectivity index (χ2n) is 5.60. The van der Waals surface area contributed by atoms with E-state index in [1.165, 1.54) is 24.6 Å². The van der Waals surface area contributed by atoms with Crippen molar-refractivity contribution in [2.75, 3.05) is 0 Å². The number of phenolic OH excluding ortho intramolecular Hbond substituents is 1. The zero-order valence-electron chi connectivity index (χ0n) is 14.3. The number of benzene rings is 3. The van der Waals surface area contributed by atoms with Crippen LogP contribution in [0.3, 0.4) is 0 Å². The molecule has 3 heteroatoms. The molecule has 3 aromatic rings. The summed E-state index contributed by atoms with van der Waals surface area (Å²) in [6.45, 7) is 3.07. The summed E-state index contributed by atoms with van der Waals surface area (Å²) in [6, 6.07) is 24.0. The minimum Gasteiger partial charge on any atom is -0.508 e. The molecule has 0 aliphatic heterocycles. The van der Waals surface area contributed by atoms with Crippen molar-refractivity contribution in [3.63, 3.8) is 0 Å². The summed E-state index contributed by atoms with van der Waals surface area (Å²) in [4.78, 5) is 21.8. The molecule has 0 saturated heterocycles. The van der Waals surface area contributed by atoms with Gasteiger partial charge in [-0.25, -0.2) is 0 Å². The van der Waals surface area contributed by atoms with Gasteiger partial charge in [0.15, 0.2) is 11.6 Å². The lowest BCUT2D eigenvalue weighted by atomic mass is 10.0. The molecule has 0 aromatic heterocycles. The van der Waals surface area contributed by atoms with Crippen molar-refractivity contribution < 1.29 is 14.7 Å². The molecule has 0 aliphatic carbocycles. The topological polar surface area (TPSA) is 54.4 Å². The van der Waals surface area contributed by atoms with Crippen LogP contribution in [0.25, 0.3) is 11.1 Å². The van der Waals surface area contributed by atoms with E-state index in [-0.39, 0.29) is 17.3 Å². The second kappa shape index (κ2) is 8.60. The Labute approximate surface area is 147 Å². The smallest absolute Gasteiger partial charge is 0.159 e. The van der Waals surface area contributed by atoms with Gasteiger partial charge in [-0.1, -0.05) is 54.6 Å². The highest BCUT2D eigenvalue weighted by Gasteiger charge is 2.00. The van der Waals surface area contributed by atoms with E-state index in [4.69, 9.17) is 5.11 Å². The third-order valence-electron chi connectivity index (χ3n) is 3.67. The molecule has 0 bridgehead atoms. The van der Waals surface area contributed by atoms with Crippen LogP contribution in [0.5, 0.6) is 5.75 Å². The number of carbonyl (C=O) groups excluding carboxylic acids is 2. The molecule has 3 nitrogen and oxygen atoms in total. The fourth-order valence-corrected chi connectivity index (χ4v) is 2.22. The summed E-state index contributed by atoms with van der Waals surface area (Å²) in [6.07, 6.45) is 0. The van der Waals surface area contributed by atoms with Crippen molar-refractivity contribution in [1.82, 2.24) is 0 Å². The highest BCUT2D eigenvalue weighted by Crippen LogP contribution is 2.19. The van der Waals surface area contributed by atoms with E-state index >= 15 is 0 Å². The zero-order chi connectivity index (χ0) is 18.2. The van der Waals surface area contributed by atoms with Gasteiger partial charge in [0.2, 0.25) is 0 Å². The van der Waals surface area contributed by atoms with Crippen molar-refractivity contribution in [1.29, 1.82) is 0 Å². The van der Waals surface area contributed by atoms with E-state index in [9.17, 15) is 9.59 Å². The van der Waals surface area contributed by atoms with E-state index in [1.807, 2.05) is 42.5 Å². The highest BCUT2D eigenvalue weighted by molar-refractivity contribution is 5.94. The molecule has 126 valence electrons. The Kier molecular flexibility index (Phi) is 6.24. The molecule has 0 saturated carbocycles. The number of phenols is 1. The summed E-state index contributed by atoms with van der Waals surface area (Å²) < 4.78 is 0. The largest absolute Gasteiger partial charge is 0.508 e. The fraction of sp³-hybridized carbons (Fsp3) is 0.0909. The lowest BCUT2D eigenvalue weighted by Gasteiger charge is -2.01. The van der Waals surface area contributed by atoms with Gasteiger partial charge in [-0.15, -0.1) is 0 Å². The number of hydrogen-bond donors (Lipinski definition) is 1. The number of Topliss-reactive ketones (excluding diaryl/α,β-unsaturated/α-hetero) is 2. The molecule has 3 rings (SSSR count). The van der Waals surface area contributed by atoms with E-state index in [2.05, 4.69) is 12.1 Å². The van der Waals surface area contributed by atoms with Gasteiger partial charge in [0.25, 0.3) is 0 Å². The molecule has 25 heavy (non-hydrogen) atoms. The van der Waals surface area contributed by atoms with Crippen LogP contribution in [0.4, 0.5) is 0 Å². The first kappa shape index (κ1) is 18.1. The van der Waals surface area contributed by atoms with Crippen LogP contribution < -0.4 is 0 Å². The molecule has 0 amide bonds. The zero-order valence-corrected chi connectivity index (χ0v) is 14.3. The average molecular weight is 332 g/mol. The van der Waals surface area contributed by atoms with Crippen molar-refractivity contribution in [2.24, 2.45) is 0 Å². The molecular weight excluding hydrogens is 312 g/mol. The molecule has 0 fully saturated rings. The van der Waals surface area contributed by atoms with E-state index in [1.54, 1.807) is 19.1 Å². The van der Waals surface area contributed by atoms with Gasteiger partial charge in [-0.05, 0) is 49.2 Å². The molecular formula is C22H20O3.